The first-order valence-corrected chi connectivity index (χ1v) is 12.2. The first-order valence-electron chi connectivity index (χ1n) is 12.2. The fourth-order valence-electron chi connectivity index (χ4n) is 4.76. The summed E-state index contributed by atoms with van der Waals surface area (Å²) < 4.78 is 47.1. The Hall–Kier alpha value is -3.11. The average molecular weight is 507 g/mol. The number of aliphatic carboxylic acids is 1. The molecule has 2 N–H and O–H groups in total. The highest BCUT2D eigenvalue weighted by atomic mass is 19.3. The average Bonchev–Trinajstić information content (AvgIpc) is 3.16. The van der Waals surface area contributed by atoms with E-state index in [0.29, 0.717) is 18.9 Å². The Morgan fingerprint density at radius 1 is 1.19 bits per heavy atom. The lowest BCUT2D eigenvalue weighted by Gasteiger charge is -2.37. The molecule has 1 atom stereocenters. The van der Waals surface area contributed by atoms with Gasteiger partial charge in [0.05, 0.1) is 24.4 Å². The Morgan fingerprint density at radius 2 is 1.94 bits per heavy atom. The van der Waals surface area contributed by atoms with Crippen LogP contribution in [-0.2, 0) is 14.3 Å². The second kappa shape index (κ2) is 11.3. The third-order valence-electron chi connectivity index (χ3n) is 6.37. The van der Waals surface area contributed by atoms with Gasteiger partial charge in [0, 0.05) is 50.6 Å². The van der Waals surface area contributed by atoms with Crippen LogP contribution in [0, 0.1) is 0 Å². The van der Waals surface area contributed by atoms with Gasteiger partial charge in [-0.1, -0.05) is 13.0 Å². The molecule has 0 bridgehead atoms. The highest BCUT2D eigenvalue weighted by molar-refractivity contribution is 5.78. The van der Waals surface area contributed by atoms with Gasteiger partial charge in [-0.3, -0.25) is 4.79 Å². The first kappa shape index (κ1) is 26.0. The molecule has 2 aliphatic heterocycles. The third kappa shape index (κ3) is 6.17. The third-order valence-corrected chi connectivity index (χ3v) is 6.37. The molecule has 0 radical (unpaired) electrons. The van der Waals surface area contributed by atoms with E-state index in [0.717, 1.165) is 42.7 Å². The molecule has 2 aromatic rings. The molecule has 2 aliphatic rings. The molecule has 0 aromatic heterocycles. The lowest BCUT2D eigenvalue weighted by atomic mass is 9.94. The summed E-state index contributed by atoms with van der Waals surface area (Å²) in [6, 6.07) is 10.7. The molecule has 0 spiro atoms. The summed E-state index contributed by atoms with van der Waals surface area (Å²) in [5.74, 6) is -1.35. The summed E-state index contributed by atoms with van der Waals surface area (Å²) in [6.07, 6.45) is -1.05. The van der Waals surface area contributed by atoms with Gasteiger partial charge >= 0.3 is 12.3 Å². The zero-order chi connectivity index (χ0) is 25.7. The fourth-order valence-corrected chi connectivity index (χ4v) is 4.76. The van der Waals surface area contributed by atoms with Crippen LogP contribution < -0.4 is 19.7 Å². The van der Waals surface area contributed by atoms with Gasteiger partial charge in [-0.2, -0.15) is 0 Å². The van der Waals surface area contributed by atoms with Crippen molar-refractivity contribution in [2.75, 3.05) is 43.7 Å². The highest BCUT2D eigenvalue weighted by Crippen LogP contribution is 2.43. The quantitative estimate of drug-likeness (QED) is 0.422. The van der Waals surface area contributed by atoms with Gasteiger partial charge in [-0.15, -0.1) is 8.78 Å². The summed E-state index contributed by atoms with van der Waals surface area (Å²) in [4.78, 5) is 13.8. The summed E-state index contributed by atoms with van der Waals surface area (Å²) in [5.41, 5.74) is 3.03. The predicted octanol–water partition coefficient (Wildman–Crippen LogP) is 5.35. The van der Waals surface area contributed by atoms with Crippen molar-refractivity contribution in [3.8, 4) is 11.5 Å². The highest BCUT2D eigenvalue weighted by Gasteiger charge is 2.43. The van der Waals surface area contributed by atoms with Gasteiger partial charge in [-0.25, -0.2) is 0 Å². The molecule has 1 saturated heterocycles. The number of hydrogen-bond acceptors (Lipinski definition) is 7. The van der Waals surface area contributed by atoms with Crippen molar-refractivity contribution in [1.82, 2.24) is 0 Å². The van der Waals surface area contributed by atoms with Crippen LogP contribution in [-0.4, -0.2) is 56.9 Å². The van der Waals surface area contributed by atoms with Crippen LogP contribution in [0.3, 0.4) is 0 Å². The van der Waals surface area contributed by atoms with Gasteiger partial charge in [0.1, 0.15) is 0 Å². The molecule has 196 valence electrons. The molecule has 0 saturated carbocycles. The lowest BCUT2D eigenvalue weighted by Crippen LogP contribution is -2.40. The minimum absolute atomic E-state index is 0.0315. The maximum absolute atomic E-state index is 13.5. The van der Waals surface area contributed by atoms with Crippen LogP contribution in [0.25, 0.3) is 0 Å². The smallest absolute Gasteiger partial charge is 0.481 e. The monoisotopic (exact) mass is 506 g/mol. The molecule has 2 heterocycles. The Balaban J connectivity index is 1.72. The number of fused-ring (bicyclic) bond motifs is 1. The Kier molecular flexibility index (Phi) is 8.15. The van der Waals surface area contributed by atoms with Crippen LogP contribution in [0.1, 0.15) is 44.1 Å². The van der Waals surface area contributed by atoms with E-state index in [4.69, 9.17) is 9.47 Å². The van der Waals surface area contributed by atoms with E-state index in [9.17, 15) is 18.7 Å². The number of ether oxygens (including phenoxy) is 4. The number of nitrogens with one attached hydrogen (secondary N) is 1. The standard InChI is InChI=1S/C26H32F2N2O6/c1-3-10-30(20-8-11-34-12-9-20)22-6-4-17(18(16-33-2)14-25(31)32)13-21(22)29-19-5-7-23-24(15-19)36-26(27,28)35-23/h4-7,13,15,18,20,29H,3,8-12,14,16H2,1-2H3,(H,31,32). The molecule has 0 amide bonds. The van der Waals surface area contributed by atoms with Crippen LogP contribution in [0.5, 0.6) is 11.5 Å². The number of methoxy groups -OCH3 is 1. The largest absolute Gasteiger partial charge is 0.586 e. The second-order valence-corrected chi connectivity index (χ2v) is 9.02. The first-order chi connectivity index (χ1) is 17.3. The van der Waals surface area contributed by atoms with Crippen molar-refractivity contribution < 1.29 is 37.6 Å². The Morgan fingerprint density at radius 3 is 2.64 bits per heavy atom. The molecule has 1 fully saturated rings. The Labute approximate surface area is 209 Å². The van der Waals surface area contributed by atoms with Crippen molar-refractivity contribution in [3.05, 3.63) is 42.0 Å². The molecule has 10 heteroatoms. The van der Waals surface area contributed by atoms with Crippen LogP contribution in [0.2, 0.25) is 0 Å². The minimum Gasteiger partial charge on any atom is -0.481 e. The van der Waals surface area contributed by atoms with Crippen LogP contribution in [0.15, 0.2) is 36.4 Å². The topological polar surface area (TPSA) is 89.5 Å². The number of alkyl halides is 2. The van der Waals surface area contributed by atoms with Crippen molar-refractivity contribution in [3.63, 3.8) is 0 Å². The molecular weight excluding hydrogens is 474 g/mol. The summed E-state index contributed by atoms with van der Waals surface area (Å²) >= 11 is 0. The fraction of sp³-hybridized carbons (Fsp3) is 0.500. The molecular formula is C26H32F2N2O6. The molecule has 2 aromatic carbocycles. The van der Waals surface area contributed by atoms with Crippen molar-refractivity contribution in [2.24, 2.45) is 0 Å². The van der Waals surface area contributed by atoms with Crippen molar-refractivity contribution in [2.45, 2.75) is 50.9 Å². The number of halogens is 2. The second-order valence-electron chi connectivity index (χ2n) is 9.02. The summed E-state index contributed by atoms with van der Waals surface area (Å²) in [5, 5.41) is 12.8. The van der Waals surface area contributed by atoms with Gasteiger partial charge in [-0.05, 0) is 49.1 Å². The molecule has 0 aliphatic carbocycles. The summed E-state index contributed by atoms with van der Waals surface area (Å²) in [7, 11) is 1.54. The van der Waals surface area contributed by atoms with E-state index in [1.54, 1.807) is 13.2 Å². The number of anilines is 3. The molecule has 1 unspecified atom stereocenters. The maximum atomic E-state index is 13.5. The van der Waals surface area contributed by atoms with Gasteiger partial charge in [0.2, 0.25) is 0 Å². The Bertz CT molecular complexity index is 1060. The number of carbonyl (C=O) groups is 1. The number of rotatable bonds is 11. The van der Waals surface area contributed by atoms with Crippen LogP contribution >= 0.6 is 0 Å². The van der Waals surface area contributed by atoms with E-state index in [2.05, 4.69) is 26.6 Å². The summed E-state index contributed by atoms with van der Waals surface area (Å²) in [6.45, 7) is 4.58. The number of nitrogens with zero attached hydrogens (tertiary/aromatic N) is 1. The van der Waals surface area contributed by atoms with Crippen LogP contribution in [0.4, 0.5) is 25.8 Å². The van der Waals surface area contributed by atoms with E-state index in [-0.39, 0.29) is 36.5 Å². The molecule has 36 heavy (non-hydrogen) atoms. The lowest BCUT2D eigenvalue weighted by molar-refractivity contribution is -0.286. The molecule has 8 nitrogen and oxygen atoms in total. The number of carboxylic acids is 1. The number of carboxylic acid groups (broad SMARTS) is 1. The molecule has 4 rings (SSSR count). The predicted molar refractivity (Wildman–Crippen MR) is 131 cm³/mol. The van der Waals surface area contributed by atoms with Gasteiger partial charge < -0.3 is 34.3 Å². The SMILES string of the molecule is CCCN(c1ccc(C(COC)CC(=O)O)cc1Nc1ccc2c(c1)OC(F)(F)O2)C1CCOCC1. The van der Waals surface area contributed by atoms with E-state index >= 15 is 0 Å². The minimum atomic E-state index is -3.70. The zero-order valence-corrected chi connectivity index (χ0v) is 20.5. The van der Waals surface area contributed by atoms with Gasteiger partial charge in [0.15, 0.2) is 11.5 Å². The van der Waals surface area contributed by atoms with E-state index < -0.39 is 12.3 Å². The normalized spacial score (nSPS) is 17.6. The van der Waals surface area contributed by atoms with Crippen molar-refractivity contribution in [1.29, 1.82) is 0 Å². The zero-order valence-electron chi connectivity index (χ0n) is 20.5. The van der Waals surface area contributed by atoms with E-state index in [1.807, 2.05) is 18.2 Å². The number of hydrogen-bond donors (Lipinski definition) is 2. The van der Waals surface area contributed by atoms with Crippen molar-refractivity contribution >= 4 is 23.0 Å². The maximum Gasteiger partial charge on any atom is 0.586 e. The van der Waals surface area contributed by atoms with Gasteiger partial charge in [0.25, 0.3) is 0 Å². The number of benzene rings is 2. The van der Waals surface area contributed by atoms with E-state index in [1.165, 1.54) is 12.1 Å².